The molecule has 1 fully saturated rings. The van der Waals surface area contributed by atoms with Gasteiger partial charge < -0.3 is 24.3 Å². The molecule has 0 amide bonds. The first-order valence-corrected chi connectivity index (χ1v) is 11.3. The summed E-state index contributed by atoms with van der Waals surface area (Å²) in [5.74, 6) is 5.17. The van der Waals surface area contributed by atoms with Crippen LogP contribution in [0.15, 0.2) is 36.4 Å². The van der Waals surface area contributed by atoms with E-state index in [4.69, 9.17) is 18.9 Å². The Kier molecular flexibility index (Phi) is 5.98. The molecule has 2 unspecified atom stereocenters. The molecule has 2 aliphatic heterocycles. The molecule has 0 aromatic heterocycles. The summed E-state index contributed by atoms with van der Waals surface area (Å²) in [5, 5.41) is 3.67. The summed E-state index contributed by atoms with van der Waals surface area (Å²) in [6, 6.07) is 12.6. The number of nitrogens with one attached hydrogen (secondary N) is 1. The van der Waals surface area contributed by atoms with Gasteiger partial charge in [-0.15, -0.1) is 0 Å². The summed E-state index contributed by atoms with van der Waals surface area (Å²) in [6.07, 6.45) is 9.17. The van der Waals surface area contributed by atoms with Crippen molar-refractivity contribution in [3.05, 3.63) is 47.5 Å². The maximum atomic E-state index is 5.50. The Morgan fingerprint density at radius 1 is 0.767 bits per heavy atom. The van der Waals surface area contributed by atoms with Gasteiger partial charge in [0, 0.05) is 6.54 Å². The number of ether oxygens (including phenoxy) is 4. The van der Waals surface area contributed by atoms with E-state index in [1.54, 1.807) is 0 Å². The summed E-state index contributed by atoms with van der Waals surface area (Å²) in [5.41, 5.74) is 2.62. The van der Waals surface area contributed by atoms with E-state index in [1.165, 1.54) is 49.7 Å². The lowest BCUT2D eigenvalue weighted by Gasteiger charge is -2.29. The van der Waals surface area contributed by atoms with Gasteiger partial charge in [0.05, 0.1) is 0 Å². The Bertz CT molecular complexity index is 799. The Morgan fingerprint density at radius 2 is 1.43 bits per heavy atom. The molecule has 1 N–H and O–H groups in total. The molecule has 2 aromatic carbocycles. The Balaban J connectivity index is 1.03. The highest BCUT2D eigenvalue weighted by atomic mass is 16.7. The highest BCUT2D eigenvalue weighted by Crippen LogP contribution is 2.35. The lowest BCUT2D eigenvalue weighted by Crippen LogP contribution is -2.27. The molecule has 2 atom stereocenters. The maximum absolute atomic E-state index is 5.50. The van der Waals surface area contributed by atoms with E-state index in [0.29, 0.717) is 13.6 Å². The number of hydrogen-bond donors (Lipinski definition) is 1. The number of fused-ring (bicyclic) bond motifs is 2. The zero-order valence-corrected chi connectivity index (χ0v) is 17.5. The second kappa shape index (κ2) is 9.17. The van der Waals surface area contributed by atoms with E-state index >= 15 is 0 Å². The van der Waals surface area contributed by atoms with Gasteiger partial charge >= 0.3 is 0 Å². The van der Waals surface area contributed by atoms with Crippen LogP contribution in [0.3, 0.4) is 0 Å². The van der Waals surface area contributed by atoms with Crippen molar-refractivity contribution in [3.8, 4) is 23.0 Å². The van der Waals surface area contributed by atoms with Crippen LogP contribution in [-0.2, 0) is 13.0 Å². The molecule has 1 saturated carbocycles. The van der Waals surface area contributed by atoms with Crippen LogP contribution < -0.4 is 24.3 Å². The van der Waals surface area contributed by atoms with Gasteiger partial charge in [-0.2, -0.15) is 0 Å². The predicted molar refractivity (Wildman–Crippen MR) is 115 cm³/mol. The number of aryl methyl sites for hydroxylation is 1. The van der Waals surface area contributed by atoms with Crippen LogP contribution in [0.2, 0.25) is 0 Å². The van der Waals surface area contributed by atoms with E-state index in [0.717, 1.165) is 54.3 Å². The average molecular weight is 410 g/mol. The fourth-order valence-corrected chi connectivity index (χ4v) is 5.01. The van der Waals surface area contributed by atoms with Crippen molar-refractivity contribution >= 4 is 0 Å². The molecule has 2 aromatic rings. The molecular formula is C25H31NO4. The molecule has 160 valence electrons. The van der Waals surface area contributed by atoms with Gasteiger partial charge in [-0.1, -0.05) is 31.4 Å². The summed E-state index contributed by atoms with van der Waals surface area (Å²) in [4.78, 5) is 0. The van der Waals surface area contributed by atoms with Crippen LogP contribution >= 0.6 is 0 Å². The molecule has 0 saturated heterocycles. The number of rotatable bonds is 8. The standard InChI is InChI=1S/C25H31NO4/c1(5-19-7-9-22-24(12-19)29-16-27-22)3-18-4-2-6-20(11-18)14-26-15-21-8-10-23-25(13-21)30-17-28-23/h7-10,12-13,18,20,26H,1-6,11,14-17H2. The van der Waals surface area contributed by atoms with Gasteiger partial charge in [0.1, 0.15) is 0 Å². The summed E-state index contributed by atoms with van der Waals surface area (Å²) in [6.45, 7) is 2.68. The molecule has 30 heavy (non-hydrogen) atoms. The van der Waals surface area contributed by atoms with Gasteiger partial charge in [-0.05, 0) is 79.5 Å². The van der Waals surface area contributed by atoms with Crippen LogP contribution in [-0.4, -0.2) is 20.1 Å². The summed E-state index contributed by atoms with van der Waals surface area (Å²) in [7, 11) is 0. The first-order valence-electron chi connectivity index (χ1n) is 11.3. The van der Waals surface area contributed by atoms with Crippen molar-refractivity contribution in [2.75, 3.05) is 20.1 Å². The highest BCUT2D eigenvalue weighted by Gasteiger charge is 2.22. The van der Waals surface area contributed by atoms with Gasteiger partial charge in [0.2, 0.25) is 13.6 Å². The third-order valence-electron chi connectivity index (χ3n) is 6.61. The Morgan fingerprint density at radius 3 is 2.23 bits per heavy atom. The molecule has 3 aliphatic rings. The number of benzene rings is 2. The predicted octanol–water partition coefficient (Wildman–Crippen LogP) is 5.06. The second-order valence-corrected chi connectivity index (χ2v) is 8.80. The summed E-state index contributed by atoms with van der Waals surface area (Å²) >= 11 is 0. The molecule has 1 aliphatic carbocycles. The molecule has 5 rings (SSSR count). The van der Waals surface area contributed by atoms with Crippen molar-refractivity contribution in [3.63, 3.8) is 0 Å². The smallest absolute Gasteiger partial charge is 0.231 e. The summed E-state index contributed by atoms with van der Waals surface area (Å²) < 4.78 is 21.8. The van der Waals surface area contributed by atoms with E-state index in [1.807, 2.05) is 12.1 Å². The van der Waals surface area contributed by atoms with Crippen LogP contribution in [0.4, 0.5) is 0 Å². The van der Waals surface area contributed by atoms with Gasteiger partial charge in [-0.25, -0.2) is 0 Å². The SMILES string of the molecule is c1cc2c(cc1CCCC1CCCC(CNCc3ccc4c(c3)OCO4)C1)OCO2. The Labute approximate surface area is 178 Å². The Hall–Kier alpha value is -2.40. The van der Waals surface area contributed by atoms with Crippen molar-refractivity contribution in [1.29, 1.82) is 0 Å². The molecule has 5 heteroatoms. The lowest BCUT2D eigenvalue weighted by molar-refractivity contribution is 0.173. The molecule has 2 heterocycles. The minimum atomic E-state index is 0.338. The maximum Gasteiger partial charge on any atom is 0.231 e. The minimum Gasteiger partial charge on any atom is -0.454 e. The van der Waals surface area contributed by atoms with E-state index in [2.05, 4.69) is 29.6 Å². The first kappa shape index (κ1) is 19.6. The second-order valence-electron chi connectivity index (χ2n) is 8.80. The minimum absolute atomic E-state index is 0.338. The van der Waals surface area contributed by atoms with E-state index in [9.17, 15) is 0 Å². The lowest BCUT2D eigenvalue weighted by atomic mass is 9.79. The van der Waals surface area contributed by atoms with Gasteiger partial charge in [-0.3, -0.25) is 0 Å². The van der Waals surface area contributed by atoms with Crippen molar-refractivity contribution in [2.24, 2.45) is 11.8 Å². The van der Waals surface area contributed by atoms with Crippen LogP contribution in [0.25, 0.3) is 0 Å². The first-order chi connectivity index (χ1) is 14.8. The zero-order chi connectivity index (χ0) is 20.2. The molecule has 5 nitrogen and oxygen atoms in total. The average Bonchev–Trinajstić information content (AvgIpc) is 3.42. The quantitative estimate of drug-likeness (QED) is 0.660. The third-order valence-corrected chi connectivity index (χ3v) is 6.61. The fraction of sp³-hybridized carbons (Fsp3) is 0.520. The van der Waals surface area contributed by atoms with E-state index in [-0.39, 0.29) is 0 Å². The fourth-order valence-electron chi connectivity index (χ4n) is 5.01. The normalized spacial score (nSPS) is 21.7. The van der Waals surface area contributed by atoms with Crippen molar-refractivity contribution in [1.82, 2.24) is 5.32 Å². The molecule has 0 bridgehead atoms. The third kappa shape index (κ3) is 4.67. The topological polar surface area (TPSA) is 49.0 Å². The van der Waals surface area contributed by atoms with Crippen molar-refractivity contribution < 1.29 is 18.9 Å². The molecular weight excluding hydrogens is 378 g/mol. The van der Waals surface area contributed by atoms with Crippen molar-refractivity contribution in [2.45, 2.75) is 51.5 Å². The zero-order valence-electron chi connectivity index (χ0n) is 17.5. The highest BCUT2D eigenvalue weighted by molar-refractivity contribution is 5.45. The largest absolute Gasteiger partial charge is 0.454 e. The monoisotopic (exact) mass is 409 g/mol. The van der Waals surface area contributed by atoms with Crippen LogP contribution in [0, 0.1) is 11.8 Å². The van der Waals surface area contributed by atoms with Gasteiger partial charge in [0.15, 0.2) is 23.0 Å². The molecule has 0 radical (unpaired) electrons. The molecule has 0 spiro atoms. The van der Waals surface area contributed by atoms with Crippen LogP contribution in [0.1, 0.15) is 49.7 Å². The van der Waals surface area contributed by atoms with E-state index < -0.39 is 0 Å². The van der Waals surface area contributed by atoms with Crippen LogP contribution in [0.5, 0.6) is 23.0 Å². The number of hydrogen-bond acceptors (Lipinski definition) is 5. The van der Waals surface area contributed by atoms with Gasteiger partial charge in [0.25, 0.3) is 0 Å².